The summed E-state index contributed by atoms with van der Waals surface area (Å²) in [5.41, 5.74) is 0.249. The highest BCUT2D eigenvalue weighted by Crippen LogP contribution is 2.18. The Labute approximate surface area is 118 Å². The van der Waals surface area contributed by atoms with Gasteiger partial charge in [0.15, 0.2) is 11.4 Å². The second-order valence-corrected chi connectivity index (χ2v) is 4.74. The SMILES string of the molecule is CC(C)Oc1cccnc1C(=O)N(C)CCCC(=O)O. The summed E-state index contributed by atoms with van der Waals surface area (Å²) in [6.45, 7) is 4.11. The number of carbonyl (C=O) groups excluding carboxylic acids is 1. The fourth-order valence-electron chi connectivity index (χ4n) is 1.65. The number of rotatable bonds is 7. The molecule has 0 radical (unpaired) electrons. The number of aliphatic carboxylic acids is 1. The van der Waals surface area contributed by atoms with E-state index in [9.17, 15) is 9.59 Å². The lowest BCUT2D eigenvalue weighted by atomic mass is 10.2. The number of hydrogen-bond acceptors (Lipinski definition) is 4. The van der Waals surface area contributed by atoms with Crippen LogP contribution < -0.4 is 4.74 Å². The van der Waals surface area contributed by atoms with Crippen molar-refractivity contribution in [3.63, 3.8) is 0 Å². The Bertz CT molecular complexity index is 474. The molecule has 0 saturated carbocycles. The van der Waals surface area contributed by atoms with Gasteiger partial charge in [-0.1, -0.05) is 0 Å². The maximum atomic E-state index is 12.3. The molecule has 1 aromatic rings. The quantitative estimate of drug-likeness (QED) is 0.824. The molecule has 6 heteroatoms. The van der Waals surface area contributed by atoms with Crippen molar-refractivity contribution in [1.29, 1.82) is 0 Å². The van der Waals surface area contributed by atoms with Gasteiger partial charge in [0, 0.05) is 26.2 Å². The first kappa shape index (κ1) is 15.9. The monoisotopic (exact) mass is 280 g/mol. The predicted molar refractivity (Wildman–Crippen MR) is 73.8 cm³/mol. The van der Waals surface area contributed by atoms with Crippen molar-refractivity contribution >= 4 is 11.9 Å². The number of carboxylic acid groups (broad SMARTS) is 1. The molecule has 0 fully saturated rings. The molecule has 0 unspecified atom stereocenters. The molecule has 0 atom stereocenters. The third kappa shape index (κ3) is 4.87. The maximum Gasteiger partial charge on any atom is 0.303 e. The number of nitrogens with zero attached hydrogens (tertiary/aromatic N) is 2. The highest BCUT2D eigenvalue weighted by molar-refractivity contribution is 5.94. The summed E-state index contributed by atoms with van der Waals surface area (Å²) >= 11 is 0. The number of amides is 1. The van der Waals surface area contributed by atoms with Crippen LogP contribution in [0.3, 0.4) is 0 Å². The highest BCUT2D eigenvalue weighted by Gasteiger charge is 2.18. The van der Waals surface area contributed by atoms with Crippen LogP contribution in [0, 0.1) is 0 Å². The van der Waals surface area contributed by atoms with E-state index in [0.717, 1.165) is 0 Å². The molecule has 0 aromatic carbocycles. The largest absolute Gasteiger partial charge is 0.489 e. The van der Waals surface area contributed by atoms with Crippen molar-refractivity contribution in [3.8, 4) is 5.75 Å². The van der Waals surface area contributed by atoms with Crippen LogP contribution in [0.2, 0.25) is 0 Å². The van der Waals surface area contributed by atoms with Gasteiger partial charge in [-0.05, 0) is 32.4 Å². The van der Waals surface area contributed by atoms with E-state index in [1.165, 1.54) is 11.1 Å². The Morgan fingerprint density at radius 1 is 1.45 bits per heavy atom. The molecule has 0 spiro atoms. The molecule has 1 aromatic heterocycles. The first-order valence-corrected chi connectivity index (χ1v) is 6.50. The standard InChI is InChI=1S/C14H20N2O4/c1-10(2)20-11-6-4-8-15-13(11)14(19)16(3)9-5-7-12(17)18/h4,6,8,10H,5,7,9H2,1-3H3,(H,17,18). The summed E-state index contributed by atoms with van der Waals surface area (Å²) in [5, 5.41) is 8.59. The van der Waals surface area contributed by atoms with Gasteiger partial charge in [0.25, 0.3) is 5.91 Å². The average molecular weight is 280 g/mol. The third-order valence-electron chi connectivity index (χ3n) is 2.57. The van der Waals surface area contributed by atoms with Gasteiger partial charge in [-0.25, -0.2) is 4.98 Å². The first-order chi connectivity index (χ1) is 9.41. The zero-order valence-electron chi connectivity index (χ0n) is 12.0. The van der Waals surface area contributed by atoms with E-state index in [-0.39, 0.29) is 24.1 Å². The predicted octanol–water partition coefficient (Wildman–Crippen LogP) is 1.81. The van der Waals surface area contributed by atoms with E-state index in [2.05, 4.69) is 4.98 Å². The van der Waals surface area contributed by atoms with Crippen molar-refractivity contribution in [2.24, 2.45) is 0 Å². The van der Waals surface area contributed by atoms with Crippen LogP contribution in [0.1, 0.15) is 37.2 Å². The first-order valence-electron chi connectivity index (χ1n) is 6.50. The minimum atomic E-state index is -0.868. The number of hydrogen-bond donors (Lipinski definition) is 1. The van der Waals surface area contributed by atoms with Crippen LogP contribution >= 0.6 is 0 Å². The van der Waals surface area contributed by atoms with Crippen molar-refractivity contribution in [3.05, 3.63) is 24.0 Å². The van der Waals surface area contributed by atoms with E-state index >= 15 is 0 Å². The topological polar surface area (TPSA) is 79.7 Å². The molecule has 1 amide bonds. The van der Waals surface area contributed by atoms with Crippen molar-refractivity contribution < 1.29 is 19.4 Å². The number of pyridine rings is 1. The van der Waals surface area contributed by atoms with E-state index in [4.69, 9.17) is 9.84 Å². The Morgan fingerprint density at radius 3 is 2.75 bits per heavy atom. The molecular weight excluding hydrogens is 260 g/mol. The molecule has 6 nitrogen and oxygen atoms in total. The molecule has 0 aliphatic heterocycles. The third-order valence-corrected chi connectivity index (χ3v) is 2.57. The second kappa shape index (κ2) is 7.47. The second-order valence-electron chi connectivity index (χ2n) is 4.74. The normalized spacial score (nSPS) is 10.4. The van der Waals surface area contributed by atoms with Crippen molar-refractivity contribution in [2.75, 3.05) is 13.6 Å². The molecule has 0 bridgehead atoms. The van der Waals surface area contributed by atoms with Gasteiger partial charge in [-0.2, -0.15) is 0 Å². The van der Waals surface area contributed by atoms with Crippen LogP contribution in [0.15, 0.2) is 18.3 Å². The Hall–Kier alpha value is -2.11. The van der Waals surface area contributed by atoms with Gasteiger partial charge >= 0.3 is 5.97 Å². The summed E-state index contributed by atoms with van der Waals surface area (Å²) < 4.78 is 5.56. The molecule has 1 rings (SSSR count). The Kier molecular flexibility index (Phi) is 5.96. The number of carbonyl (C=O) groups is 2. The molecule has 1 heterocycles. The van der Waals surface area contributed by atoms with Crippen LogP contribution in [-0.2, 0) is 4.79 Å². The molecule has 1 N–H and O–H groups in total. The minimum Gasteiger partial charge on any atom is -0.489 e. The summed E-state index contributed by atoms with van der Waals surface area (Å²) in [7, 11) is 1.62. The van der Waals surface area contributed by atoms with Crippen LogP contribution in [0.4, 0.5) is 0 Å². The van der Waals surface area contributed by atoms with E-state index in [1.807, 2.05) is 13.8 Å². The lowest BCUT2D eigenvalue weighted by molar-refractivity contribution is -0.137. The molecule has 0 aliphatic rings. The van der Waals surface area contributed by atoms with Crippen LogP contribution in [0.25, 0.3) is 0 Å². The fourth-order valence-corrected chi connectivity index (χ4v) is 1.65. The summed E-state index contributed by atoms with van der Waals surface area (Å²) in [4.78, 5) is 28.2. The zero-order chi connectivity index (χ0) is 15.1. The molecule has 0 aliphatic carbocycles. The number of aromatic nitrogens is 1. The van der Waals surface area contributed by atoms with Gasteiger partial charge in [0.1, 0.15) is 0 Å². The van der Waals surface area contributed by atoms with E-state index < -0.39 is 5.97 Å². The van der Waals surface area contributed by atoms with E-state index in [1.54, 1.807) is 19.2 Å². The number of carboxylic acids is 1. The summed E-state index contributed by atoms with van der Waals surface area (Å²) in [6.07, 6.45) is 1.92. The highest BCUT2D eigenvalue weighted by atomic mass is 16.5. The van der Waals surface area contributed by atoms with Crippen molar-refractivity contribution in [2.45, 2.75) is 32.8 Å². The molecule has 110 valence electrons. The van der Waals surface area contributed by atoms with E-state index in [0.29, 0.717) is 18.7 Å². The lowest BCUT2D eigenvalue weighted by Crippen LogP contribution is -2.29. The Morgan fingerprint density at radius 2 is 2.15 bits per heavy atom. The average Bonchev–Trinajstić information content (AvgIpc) is 2.37. The van der Waals surface area contributed by atoms with Gasteiger partial charge in [0.2, 0.25) is 0 Å². The van der Waals surface area contributed by atoms with Gasteiger partial charge in [-0.3, -0.25) is 9.59 Å². The summed E-state index contributed by atoms with van der Waals surface area (Å²) in [5.74, 6) is -0.697. The Balaban J connectivity index is 2.73. The molecular formula is C14H20N2O4. The smallest absolute Gasteiger partial charge is 0.303 e. The fraction of sp³-hybridized carbons (Fsp3) is 0.500. The van der Waals surface area contributed by atoms with Crippen molar-refractivity contribution in [1.82, 2.24) is 9.88 Å². The van der Waals surface area contributed by atoms with Crippen LogP contribution in [0.5, 0.6) is 5.75 Å². The van der Waals surface area contributed by atoms with Crippen LogP contribution in [-0.4, -0.2) is 46.6 Å². The van der Waals surface area contributed by atoms with Gasteiger partial charge in [-0.15, -0.1) is 0 Å². The minimum absolute atomic E-state index is 0.0369. The molecule has 20 heavy (non-hydrogen) atoms. The lowest BCUT2D eigenvalue weighted by Gasteiger charge is -2.18. The number of ether oxygens (including phenoxy) is 1. The summed E-state index contributed by atoms with van der Waals surface area (Å²) in [6, 6.07) is 3.41. The van der Waals surface area contributed by atoms with Gasteiger partial charge < -0.3 is 14.7 Å². The molecule has 0 saturated heterocycles. The maximum absolute atomic E-state index is 12.3. The zero-order valence-corrected chi connectivity index (χ0v) is 12.0. The van der Waals surface area contributed by atoms with Gasteiger partial charge in [0.05, 0.1) is 6.10 Å².